The molecule has 0 saturated carbocycles. The highest BCUT2D eigenvalue weighted by Crippen LogP contribution is 2.33. The molecule has 4 rings (SSSR count). The predicted octanol–water partition coefficient (Wildman–Crippen LogP) is 5.26. The number of para-hydroxylation sites is 1. The Hall–Kier alpha value is -3.01. The molecule has 0 aliphatic carbocycles. The van der Waals surface area contributed by atoms with Crippen LogP contribution in [-0.4, -0.2) is 9.38 Å². The molecule has 4 nitrogen and oxygen atoms in total. The Labute approximate surface area is 140 Å². The van der Waals surface area contributed by atoms with Crippen LogP contribution in [0.3, 0.4) is 0 Å². The first-order valence-corrected chi connectivity index (χ1v) is 7.98. The molecule has 3 aromatic heterocycles. The lowest BCUT2D eigenvalue weighted by Gasteiger charge is -2.13. The first-order chi connectivity index (χ1) is 11.6. The molecule has 1 N–H and O–H groups in total. The fourth-order valence-corrected chi connectivity index (χ4v) is 3.00. The number of pyridine rings is 1. The van der Waals surface area contributed by atoms with Crippen molar-refractivity contribution in [2.75, 3.05) is 5.32 Å². The zero-order chi connectivity index (χ0) is 16.7. The molecule has 1 aromatic carbocycles. The number of imidazole rings is 1. The highest BCUT2D eigenvalue weighted by molar-refractivity contribution is 5.80. The molecule has 0 spiro atoms. The van der Waals surface area contributed by atoms with Gasteiger partial charge >= 0.3 is 0 Å². The number of anilines is 2. The fourth-order valence-electron chi connectivity index (χ4n) is 3.00. The van der Waals surface area contributed by atoms with Crippen LogP contribution in [0, 0.1) is 20.8 Å². The van der Waals surface area contributed by atoms with Gasteiger partial charge in [0.1, 0.15) is 17.2 Å². The number of aromatic nitrogens is 2. The quantitative estimate of drug-likeness (QED) is 0.560. The maximum atomic E-state index is 5.26. The molecule has 0 aliphatic heterocycles. The topological polar surface area (TPSA) is 42.5 Å². The van der Waals surface area contributed by atoms with Crippen molar-refractivity contribution in [2.45, 2.75) is 20.8 Å². The second-order valence-electron chi connectivity index (χ2n) is 6.15. The van der Waals surface area contributed by atoms with E-state index in [9.17, 15) is 0 Å². The largest absolute Gasteiger partial charge is 0.472 e. The van der Waals surface area contributed by atoms with Crippen molar-refractivity contribution in [1.29, 1.82) is 0 Å². The van der Waals surface area contributed by atoms with Gasteiger partial charge in [0.25, 0.3) is 0 Å². The van der Waals surface area contributed by atoms with Crippen molar-refractivity contribution in [3.63, 3.8) is 0 Å². The van der Waals surface area contributed by atoms with Crippen LogP contribution in [0.25, 0.3) is 16.9 Å². The lowest BCUT2D eigenvalue weighted by molar-refractivity contribution is 0.568. The number of furan rings is 1. The number of hydrogen-bond donors (Lipinski definition) is 1. The Morgan fingerprint density at radius 2 is 1.79 bits per heavy atom. The third kappa shape index (κ3) is 2.36. The number of fused-ring (bicyclic) bond motifs is 1. The first-order valence-electron chi connectivity index (χ1n) is 7.98. The molecule has 0 radical (unpaired) electrons. The van der Waals surface area contributed by atoms with Gasteiger partial charge in [-0.15, -0.1) is 0 Å². The van der Waals surface area contributed by atoms with Crippen LogP contribution in [0.5, 0.6) is 0 Å². The molecule has 24 heavy (non-hydrogen) atoms. The minimum Gasteiger partial charge on any atom is -0.472 e. The fraction of sp³-hybridized carbons (Fsp3) is 0.150. The smallest absolute Gasteiger partial charge is 0.143 e. The molecule has 0 amide bonds. The van der Waals surface area contributed by atoms with E-state index in [2.05, 4.69) is 61.0 Å². The summed E-state index contributed by atoms with van der Waals surface area (Å²) < 4.78 is 7.37. The van der Waals surface area contributed by atoms with Crippen molar-refractivity contribution in [1.82, 2.24) is 9.38 Å². The molecular weight excluding hydrogens is 298 g/mol. The van der Waals surface area contributed by atoms with Crippen LogP contribution < -0.4 is 5.32 Å². The van der Waals surface area contributed by atoms with Crippen LogP contribution in [0.15, 0.2) is 59.5 Å². The van der Waals surface area contributed by atoms with Gasteiger partial charge in [-0.2, -0.15) is 0 Å². The zero-order valence-corrected chi connectivity index (χ0v) is 14.0. The summed E-state index contributed by atoms with van der Waals surface area (Å²) in [5.74, 6) is 0.951. The normalized spacial score (nSPS) is 11.1. The number of aryl methyl sites for hydroxylation is 3. The lowest BCUT2D eigenvalue weighted by Crippen LogP contribution is -2.00. The zero-order valence-electron chi connectivity index (χ0n) is 14.0. The van der Waals surface area contributed by atoms with Gasteiger partial charge in [0.2, 0.25) is 0 Å². The maximum Gasteiger partial charge on any atom is 0.143 e. The third-order valence-electron chi connectivity index (χ3n) is 4.29. The van der Waals surface area contributed by atoms with Gasteiger partial charge < -0.3 is 9.73 Å². The molecule has 0 unspecified atom stereocenters. The van der Waals surface area contributed by atoms with Gasteiger partial charge in [0.15, 0.2) is 0 Å². The molecule has 120 valence electrons. The van der Waals surface area contributed by atoms with E-state index in [1.165, 1.54) is 16.7 Å². The molecule has 0 fully saturated rings. The van der Waals surface area contributed by atoms with E-state index in [1.54, 1.807) is 12.5 Å². The number of benzene rings is 1. The van der Waals surface area contributed by atoms with Gasteiger partial charge in [-0.1, -0.05) is 24.3 Å². The molecular formula is C20H19N3O. The molecule has 0 bridgehead atoms. The number of nitrogens with one attached hydrogen (secondary N) is 1. The van der Waals surface area contributed by atoms with E-state index in [4.69, 9.17) is 9.40 Å². The Bertz CT molecular complexity index is 993. The number of hydrogen-bond acceptors (Lipinski definition) is 3. The van der Waals surface area contributed by atoms with Crippen LogP contribution in [0.4, 0.5) is 11.5 Å². The standard InChI is InChI=1S/C20H19N3O/c1-13-7-8-17-21-19(16-9-10-24-12-16)20(23(17)11-13)22-18-14(2)5-4-6-15(18)3/h4-12,22H,1-3H3. The SMILES string of the molecule is Cc1ccc2nc(-c3ccoc3)c(Nc3c(C)cccc3C)n2c1. The summed E-state index contributed by atoms with van der Waals surface area (Å²) in [5, 5.41) is 3.61. The predicted molar refractivity (Wildman–Crippen MR) is 96.8 cm³/mol. The molecule has 0 aliphatic rings. The van der Waals surface area contributed by atoms with Gasteiger partial charge in [-0.25, -0.2) is 4.98 Å². The molecule has 3 heterocycles. The van der Waals surface area contributed by atoms with E-state index in [-0.39, 0.29) is 0 Å². The average molecular weight is 317 g/mol. The van der Waals surface area contributed by atoms with E-state index in [0.717, 1.165) is 28.4 Å². The lowest BCUT2D eigenvalue weighted by atomic mass is 10.1. The molecule has 4 heteroatoms. The summed E-state index contributed by atoms with van der Waals surface area (Å²) in [7, 11) is 0. The summed E-state index contributed by atoms with van der Waals surface area (Å²) in [6, 6.07) is 12.3. The van der Waals surface area contributed by atoms with Crippen molar-refractivity contribution in [3.05, 3.63) is 71.8 Å². The number of rotatable bonds is 3. The van der Waals surface area contributed by atoms with E-state index in [0.29, 0.717) is 0 Å². The molecule has 0 saturated heterocycles. The summed E-state index contributed by atoms with van der Waals surface area (Å²) in [6.45, 7) is 6.31. The summed E-state index contributed by atoms with van der Waals surface area (Å²) in [4.78, 5) is 4.79. The first kappa shape index (κ1) is 14.6. The van der Waals surface area contributed by atoms with Crippen molar-refractivity contribution in [3.8, 4) is 11.3 Å². The van der Waals surface area contributed by atoms with Crippen LogP contribution in [-0.2, 0) is 0 Å². The minimum absolute atomic E-state index is 0.886. The highest BCUT2D eigenvalue weighted by Gasteiger charge is 2.16. The summed E-state index contributed by atoms with van der Waals surface area (Å²) in [6.07, 6.45) is 5.50. The van der Waals surface area contributed by atoms with Crippen LogP contribution >= 0.6 is 0 Å². The van der Waals surface area contributed by atoms with E-state index in [1.807, 2.05) is 12.1 Å². The van der Waals surface area contributed by atoms with Crippen molar-refractivity contribution < 1.29 is 4.42 Å². The summed E-state index contributed by atoms with van der Waals surface area (Å²) in [5.41, 5.74) is 7.47. The minimum atomic E-state index is 0.886. The van der Waals surface area contributed by atoms with E-state index < -0.39 is 0 Å². The Morgan fingerprint density at radius 3 is 2.50 bits per heavy atom. The van der Waals surface area contributed by atoms with Gasteiger partial charge in [0, 0.05) is 17.4 Å². The van der Waals surface area contributed by atoms with Crippen LogP contribution in [0.1, 0.15) is 16.7 Å². The second kappa shape index (κ2) is 5.57. The Morgan fingerprint density at radius 1 is 1.00 bits per heavy atom. The Balaban J connectivity index is 1.95. The van der Waals surface area contributed by atoms with Crippen molar-refractivity contribution >= 4 is 17.2 Å². The third-order valence-corrected chi connectivity index (χ3v) is 4.29. The Kier molecular flexibility index (Phi) is 3.38. The second-order valence-corrected chi connectivity index (χ2v) is 6.15. The number of nitrogens with zero attached hydrogens (tertiary/aromatic N) is 2. The van der Waals surface area contributed by atoms with Gasteiger partial charge in [0.05, 0.1) is 12.5 Å². The monoisotopic (exact) mass is 317 g/mol. The average Bonchev–Trinajstić information content (AvgIpc) is 3.18. The maximum absolute atomic E-state index is 5.26. The summed E-state index contributed by atoms with van der Waals surface area (Å²) >= 11 is 0. The van der Waals surface area contributed by atoms with Crippen molar-refractivity contribution in [2.24, 2.45) is 0 Å². The van der Waals surface area contributed by atoms with Gasteiger partial charge in [-0.05, 0) is 49.6 Å². The molecule has 4 aromatic rings. The van der Waals surface area contributed by atoms with Gasteiger partial charge in [-0.3, -0.25) is 4.40 Å². The van der Waals surface area contributed by atoms with Crippen LogP contribution in [0.2, 0.25) is 0 Å². The highest BCUT2D eigenvalue weighted by atomic mass is 16.3. The van der Waals surface area contributed by atoms with E-state index >= 15 is 0 Å². The molecule has 0 atom stereocenters.